The maximum Gasteiger partial charge on any atom is 0.224 e. The third-order valence-electron chi connectivity index (χ3n) is 4.86. The Labute approximate surface area is 158 Å². The van der Waals surface area contributed by atoms with Crippen molar-refractivity contribution < 1.29 is 9.53 Å². The van der Waals surface area contributed by atoms with Crippen molar-refractivity contribution in [3.63, 3.8) is 0 Å². The summed E-state index contributed by atoms with van der Waals surface area (Å²) in [7, 11) is 0. The molecule has 1 saturated heterocycles. The van der Waals surface area contributed by atoms with Crippen LogP contribution in [0, 0.1) is 0 Å². The van der Waals surface area contributed by atoms with E-state index in [1.807, 2.05) is 42.7 Å². The number of amides is 1. The van der Waals surface area contributed by atoms with E-state index in [2.05, 4.69) is 31.7 Å². The van der Waals surface area contributed by atoms with Crippen molar-refractivity contribution in [3.05, 3.63) is 66.2 Å². The predicted octanol–water partition coefficient (Wildman–Crippen LogP) is 2.07. The molecule has 2 aromatic heterocycles. The SMILES string of the molecule is O=C(Cc1ccc(N2CCOCC2)cc1)NCCc1ncc2ccccn12. The van der Waals surface area contributed by atoms with Gasteiger partial charge in [0.15, 0.2) is 0 Å². The molecule has 0 unspecified atom stereocenters. The monoisotopic (exact) mass is 364 g/mol. The number of rotatable bonds is 6. The van der Waals surface area contributed by atoms with Gasteiger partial charge in [-0.2, -0.15) is 0 Å². The molecule has 1 N–H and O–H groups in total. The van der Waals surface area contributed by atoms with Crippen LogP contribution in [0.2, 0.25) is 0 Å². The molecule has 1 aliphatic heterocycles. The Kier molecular flexibility index (Phi) is 5.34. The van der Waals surface area contributed by atoms with Crippen LogP contribution in [0.25, 0.3) is 5.52 Å². The number of hydrogen-bond donors (Lipinski definition) is 1. The van der Waals surface area contributed by atoms with Crippen LogP contribution >= 0.6 is 0 Å². The molecule has 0 bridgehead atoms. The standard InChI is InChI=1S/C21H24N4O2/c26-21(22-9-8-20-23-16-19-3-1-2-10-25(19)20)15-17-4-6-18(7-5-17)24-11-13-27-14-12-24/h1-7,10,16H,8-9,11-15H2,(H,22,26). The van der Waals surface area contributed by atoms with Crippen molar-refractivity contribution in [2.75, 3.05) is 37.7 Å². The Morgan fingerprint density at radius 1 is 1.11 bits per heavy atom. The molecule has 4 rings (SSSR count). The van der Waals surface area contributed by atoms with E-state index < -0.39 is 0 Å². The minimum atomic E-state index is 0.0370. The average molecular weight is 364 g/mol. The minimum absolute atomic E-state index is 0.0370. The van der Waals surface area contributed by atoms with Gasteiger partial charge in [-0.15, -0.1) is 0 Å². The third-order valence-corrected chi connectivity index (χ3v) is 4.86. The number of carbonyl (C=O) groups excluding carboxylic acids is 1. The van der Waals surface area contributed by atoms with Crippen LogP contribution in [-0.4, -0.2) is 48.1 Å². The quantitative estimate of drug-likeness (QED) is 0.728. The zero-order valence-electron chi connectivity index (χ0n) is 15.3. The smallest absolute Gasteiger partial charge is 0.224 e. The predicted molar refractivity (Wildman–Crippen MR) is 105 cm³/mol. The number of aromatic nitrogens is 2. The lowest BCUT2D eigenvalue weighted by Gasteiger charge is -2.28. The summed E-state index contributed by atoms with van der Waals surface area (Å²) in [4.78, 5) is 19.0. The zero-order chi connectivity index (χ0) is 18.5. The first-order chi connectivity index (χ1) is 13.3. The molecule has 3 heterocycles. The first-order valence-corrected chi connectivity index (χ1v) is 9.39. The first kappa shape index (κ1) is 17.5. The number of nitrogens with one attached hydrogen (secondary N) is 1. The normalized spacial score (nSPS) is 14.4. The molecule has 1 aliphatic rings. The van der Waals surface area contributed by atoms with Crippen molar-refractivity contribution >= 4 is 17.1 Å². The van der Waals surface area contributed by atoms with Crippen LogP contribution in [0.3, 0.4) is 0 Å². The number of ether oxygens (including phenoxy) is 1. The van der Waals surface area contributed by atoms with E-state index in [0.29, 0.717) is 19.4 Å². The highest BCUT2D eigenvalue weighted by molar-refractivity contribution is 5.78. The number of pyridine rings is 1. The topological polar surface area (TPSA) is 58.9 Å². The van der Waals surface area contributed by atoms with E-state index in [1.165, 1.54) is 5.69 Å². The van der Waals surface area contributed by atoms with Crippen molar-refractivity contribution in [2.45, 2.75) is 12.8 Å². The molecule has 0 spiro atoms. The fourth-order valence-electron chi connectivity index (χ4n) is 3.39. The van der Waals surface area contributed by atoms with E-state index in [9.17, 15) is 4.79 Å². The minimum Gasteiger partial charge on any atom is -0.378 e. The molecule has 140 valence electrons. The summed E-state index contributed by atoms with van der Waals surface area (Å²) in [5, 5.41) is 2.99. The molecule has 1 fully saturated rings. The lowest BCUT2D eigenvalue weighted by Crippen LogP contribution is -2.36. The number of nitrogens with zero attached hydrogens (tertiary/aromatic N) is 3. The lowest BCUT2D eigenvalue weighted by atomic mass is 10.1. The van der Waals surface area contributed by atoms with Crippen LogP contribution in [-0.2, 0) is 22.4 Å². The number of benzene rings is 1. The van der Waals surface area contributed by atoms with Gasteiger partial charge in [0.1, 0.15) is 5.82 Å². The number of anilines is 1. The molecule has 0 radical (unpaired) electrons. The van der Waals surface area contributed by atoms with Gasteiger partial charge in [-0.05, 0) is 29.8 Å². The summed E-state index contributed by atoms with van der Waals surface area (Å²) in [6.45, 7) is 3.97. The van der Waals surface area contributed by atoms with E-state index in [1.54, 1.807) is 0 Å². The van der Waals surface area contributed by atoms with E-state index >= 15 is 0 Å². The van der Waals surface area contributed by atoms with E-state index in [-0.39, 0.29) is 5.91 Å². The van der Waals surface area contributed by atoms with Crippen LogP contribution in [0.5, 0.6) is 0 Å². The Hall–Kier alpha value is -2.86. The van der Waals surface area contributed by atoms with Crippen LogP contribution in [0.15, 0.2) is 54.9 Å². The fourth-order valence-corrected chi connectivity index (χ4v) is 3.39. The van der Waals surface area contributed by atoms with Crippen molar-refractivity contribution in [2.24, 2.45) is 0 Å². The number of fused-ring (bicyclic) bond motifs is 1. The molecule has 6 heteroatoms. The summed E-state index contributed by atoms with van der Waals surface area (Å²) >= 11 is 0. The molecule has 0 saturated carbocycles. The van der Waals surface area contributed by atoms with Gasteiger partial charge in [-0.1, -0.05) is 18.2 Å². The summed E-state index contributed by atoms with van der Waals surface area (Å²) in [6, 6.07) is 14.2. The van der Waals surface area contributed by atoms with Gasteiger partial charge in [0.05, 0.1) is 31.3 Å². The van der Waals surface area contributed by atoms with Crippen molar-refractivity contribution in [1.29, 1.82) is 0 Å². The third kappa shape index (κ3) is 4.28. The van der Waals surface area contributed by atoms with Gasteiger partial charge in [0.2, 0.25) is 5.91 Å². The summed E-state index contributed by atoms with van der Waals surface area (Å²) < 4.78 is 7.44. The molecule has 3 aromatic rings. The van der Waals surface area contributed by atoms with Gasteiger partial charge >= 0.3 is 0 Å². The Morgan fingerprint density at radius 3 is 2.74 bits per heavy atom. The highest BCUT2D eigenvalue weighted by Crippen LogP contribution is 2.17. The van der Waals surface area contributed by atoms with Gasteiger partial charge in [0.25, 0.3) is 0 Å². The molecular weight excluding hydrogens is 340 g/mol. The zero-order valence-corrected chi connectivity index (χ0v) is 15.3. The highest BCUT2D eigenvalue weighted by Gasteiger charge is 2.11. The highest BCUT2D eigenvalue weighted by atomic mass is 16.5. The van der Waals surface area contributed by atoms with Gasteiger partial charge in [-0.25, -0.2) is 4.98 Å². The maximum atomic E-state index is 12.2. The Bertz CT molecular complexity index is 898. The molecule has 6 nitrogen and oxygen atoms in total. The second-order valence-electron chi connectivity index (χ2n) is 6.71. The van der Waals surface area contributed by atoms with Gasteiger partial charge < -0.3 is 19.4 Å². The molecule has 0 atom stereocenters. The lowest BCUT2D eigenvalue weighted by molar-refractivity contribution is -0.120. The number of hydrogen-bond acceptors (Lipinski definition) is 4. The van der Waals surface area contributed by atoms with Crippen molar-refractivity contribution in [3.8, 4) is 0 Å². The second kappa shape index (κ2) is 8.22. The fraction of sp³-hybridized carbons (Fsp3) is 0.333. The molecule has 0 aliphatic carbocycles. The maximum absolute atomic E-state index is 12.2. The Balaban J connectivity index is 1.26. The summed E-state index contributed by atoms with van der Waals surface area (Å²) in [5.41, 5.74) is 3.28. The Morgan fingerprint density at radius 2 is 1.93 bits per heavy atom. The summed E-state index contributed by atoms with van der Waals surface area (Å²) in [6.07, 6.45) is 4.95. The first-order valence-electron chi connectivity index (χ1n) is 9.39. The van der Waals surface area contributed by atoms with Crippen LogP contribution in [0.1, 0.15) is 11.4 Å². The van der Waals surface area contributed by atoms with Crippen molar-refractivity contribution in [1.82, 2.24) is 14.7 Å². The van der Waals surface area contributed by atoms with Gasteiger partial charge in [0, 0.05) is 37.9 Å². The molecule has 1 aromatic carbocycles. The number of imidazole rings is 1. The molecular formula is C21H24N4O2. The van der Waals surface area contributed by atoms with E-state index in [4.69, 9.17) is 4.74 Å². The number of morpholine rings is 1. The van der Waals surface area contributed by atoms with Gasteiger partial charge in [-0.3, -0.25) is 4.79 Å². The second-order valence-corrected chi connectivity index (χ2v) is 6.71. The van der Waals surface area contributed by atoms with Crippen LogP contribution in [0.4, 0.5) is 5.69 Å². The van der Waals surface area contributed by atoms with E-state index in [0.717, 1.165) is 43.2 Å². The van der Waals surface area contributed by atoms with Crippen LogP contribution < -0.4 is 10.2 Å². The molecule has 1 amide bonds. The average Bonchev–Trinajstić information content (AvgIpc) is 3.12. The molecule has 27 heavy (non-hydrogen) atoms. The largest absolute Gasteiger partial charge is 0.378 e. The summed E-state index contributed by atoms with van der Waals surface area (Å²) in [5.74, 6) is 0.996. The number of carbonyl (C=O) groups is 1.